The largest absolute Gasteiger partial charge is 0.469 e. The molecule has 0 aliphatic carbocycles. The molecule has 3 rings (SSSR count). The average Bonchev–Trinajstić information content (AvgIpc) is 2.77. The molecule has 0 aliphatic rings. The van der Waals surface area contributed by atoms with Crippen LogP contribution in [-0.2, 0) is 22.1 Å². The van der Waals surface area contributed by atoms with Gasteiger partial charge in [0, 0.05) is 5.02 Å². The Morgan fingerprint density at radius 2 is 1.76 bits per heavy atom. The van der Waals surface area contributed by atoms with Crippen molar-refractivity contribution in [1.29, 1.82) is 0 Å². The van der Waals surface area contributed by atoms with Crippen molar-refractivity contribution in [3.05, 3.63) is 71.1 Å². The van der Waals surface area contributed by atoms with Gasteiger partial charge in [-0.3, -0.25) is 4.79 Å². The van der Waals surface area contributed by atoms with Crippen LogP contribution >= 0.6 is 11.6 Å². The number of urea groups is 1. The minimum absolute atomic E-state index is 0.0103. The quantitative estimate of drug-likeness (QED) is 0.464. The number of methoxy groups -OCH3 is 1. The lowest BCUT2D eigenvalue weighted by molar-refractivity contribution is -0.140. The predicted octanol–water partition coefficient (Wildman–Crippen LogP) is 5.30. The minimum Gasteiger partial charge on any atom is -0.469 e. The van der Waals surface area contributed by atoms with Gasteiger partial charge in [-0.2, -0.15) is 18.2 Å². The number of ether oxygens (including phenoxy) is 2. The fraction of sp³-hybridized carbons (Fsp3) is 0.143. The van der Waals surface area contributed by atoms with E-state index in [1.165, 1.54) is 25.7 Å². The van der Waals surface area contributed by atoms with Crippen molar-refractivity contribution in [1.82, 2.24) is 9.97 Å². The van der Waals surface area contributed by atoms with E-state index in [9.17, 15) is 22.8 Å². The number of aromatic nitrogens is 2. The number of carbonyl (C=O) groups is 2. The molecule has 0 unspecified atom stereocenters. The van der Waals surface area contributed by atoms with E-state index < -0.39 is 29.4 Å². The highest BCUT2D eigenvalue weighted by Crippen LogP contribution is 2.36. The standard InChI is InChI=1S/C21H16ClF3N4O4/c1-32-18(30)8-12-2-5-14(6-3-12)33-19-17(10-26-11-27-19)29-20(31)28-16-7-4-13(22)9-15(16)21(23,24)25/h2-7,9-11H,8H2,1H3,(H2,28,29,31). The van der Waals surface area contributed by atoms with Gasteiger partial charge in [0.25, 0.3) is 0 Å². The van der Waals surface area contributed by atoms with Crippen LogP contribution in [0.2, 0.25) is 5.02 Å². The van der Waals surface area contributed by atoms with E-state index in [-0.39, 0.29) is 23.0 Å². The van der Waals surface area contributed by atoms with Crippen molar-refractivity contribution < 1.29 is 32.2 Å². The second-order valence-corrected chi connectivity index (χ2v) is 6.94. The summed E-state index contributed by atoms with van der Waals surface area (Å²) in [6.45, 7) is 0. The molecule has 0 bridgehead atoms. The summed E-state index contributed by atoms with van der Waals surface area (Å²) < 4.78 is 49.9. The predicted molar refractivity (Wildman–Crippen MR) is 113 cm³/mol. The molecule has 2 N–H and O–H groups in total. The maximum atomic E-state index is 13.2. The van der Waals surface area contributed by atoms with Crippen molar-refractivity contribution in [3.8, 4) is 11.6 Å². The van der Waals surface area contributed by atoms with E-state index in [1.54, 1.807) is 24.3 Å². The SMILES string of the molecule is COC(=O)Cc1ccc(Oc2ncncc2NC(=O)Nc2ccc(Cl)cc2C(F)(F)F)cc1. The van der Waals surface area contributed by atoms with Gasteiger partial charge in [-0.1, -0.05) is 23.7 Å². The van der Waals surface area contributed by atoms with Gasteiger partial charge in [-0.15, -0.1) is 0 Å². The number of amides is 2. The third-order valence-electron chi connectivity index (χ3n) is 4.17. The summed E-state index contributed by atoms with van der Waals surface area (Å²) in [5.41, 5.74) is -0.878. The first-order valence-electron chi connectivity index (χ1n) is 9.24. The molecule has 0 fully saturated rings. The van der Waals surface area contributed by atoms with Crippen molar-refractivity contribution in [2.24, 2.45) is 0 Å². The zero-order chi connectivity index (χ0) is 24.0. The molecule has 1 heterocycles. The average molecular weight is 481 g/mol. The molecule has 2 aromatic carbocycles. The molecule has 3 aromatic rings. The molecule has 2 amide bonds. The number of anilines is 2. The Kier molecular flexibility index (Phi) is 7.34. The fourth-order valence-electron chi connectivity index (χ4n) is 2.65. The number of hydrogen-bond donors (Lipinski definition) is 2. The first-order chi connectivity index (χ1) is 15.7. The normalized spacial score (nSPS) is 10.9. The Morgan fingerprint density at radius 1 is 1.06 bits per heavy atom. The molecule has 0 atom stereocenters. The van der Waals surface area contributed by atoms with Gasteiger partial charge < -0.3 is 20.1 Å². The van der Waals surface area contributed by atoms with Crippen LogP contribution in [0.25, 0.3) is 0 Å². The van der Waals surface area contributed by atoms with Gasteiger partial charge >= 0.3 is 18.2 Å². The third kappa shape index (κ3) is 6.56. The number of halogens is 4. The van der Waals surface area contributed by atoms with Crippen molar-refractivity contribution in [3.63, 3.8) is 0 Å². The van der Waals surface area contributed by atoms with Crippen molar-refractivity contribution in [2.75, 3.05) is 17.7 Å². The summed E-state index contributed by atoms with van der Waals surface area (Å²) in [5, 5.41) is 4.36. The lowest BCUT2D eigenvalue weighted by Gasteiger charge is -2.15. The summed E-state index contributed by atoms with van der Waals surface area (Å²) in [6.07, 6.45) is -2.25. The van der Waals surface area contributed by atoms with Gasteiger partial charge in [-0.25, -0.2) is 9.78 Å². The first kappa shape index (κ1) is 23.8. The second-order valence-electron chi connectivity index (χ2n) is 6.51. The van der Waals surface area contributed by atoms with E-state index in [4.69, 9.17) is 16.3 Å². The van der Waals surface area contributed by atoms with Gasteiger partial charge in [0.15, 0.2) is 0 Å². The van der Waals surface area contributed by atoms with Crippen LogP contribution in [0.3, 0.4) is 0 Å². The zero-order valence-electron chi connectivity index (χ0n) is 16.9. The zero-order valence-corrected chi connectivity index (χ0v) is 17.7. The van der Waals surface area contributed by atoms with Crippen LogP contribution in [0.15, 0.2) is 55.0 Å². The Labute approximate surface area is 190 Å². The highest BCUT2D eigenvalue weighted by Gasteiger charge is 2.34. The molecule has 33 heavy (non-hydrogen) atoms. The van der Waals surface area contributed by atoms with Crippen LogP contribution < -0.4 is 15.4 Å². The molecular weight excluding hydrogens is 465 g/mol. The number of nitrogens with one attached hydrogen (secondary N) is 2. The number of carbonyl (C=O) groups excluding carboxylic acids is 2. The second kappa shape index (κ2) is 10.2. The fourth-order valence-corrected chi connectivity index (χ4v) is 2.82. The molecule has 172 valence electrons. The van der Waals surface area contributed by atoms with E-state index in [2.05, 4.69) is 25.3 Å². The lowest BCUT2D eigenvalue weighted by Crippen LogP contribution is -2.22. The number of esters is 1. The van der Waals surface area contributed by atoms with Crippen molar-refractivity contribution >= 4 is 35.0 Å². The molecule has 0 saturated heterocycles. The van der Waals surface area contributed by atoms with E-state index in [1.807, 2.05) is 0 Å². The number of nitrogens with zero attached hydrogens (tertiary/aromatic N) is 2. The Balaban J connectivity index is 1.73. The number of benzene rings is 2. The van der Waals surface area contributed by atoms with Crippen LogP contribution in [0.1, 0.15) is 11.1 Å². The van der Waals surface area contributed by atoms with Gasteiger partial charge in [0.2, 0.25) is 5.88 Å². The number of alkyl halides is 3. The van der Waals surface area contributed by atoms with Gasteiger partial charge in [0.05, 0.1) is 31.0 Å². The molecule has 0 radical (unpaired) electrons. The van der Waals surface area contributed by atoms with Crippen LogP contribution in [0, 0.1) is 0 Å². The smallest absolute Gasteiger partial charge is 0.418 e. The molecule has 1 aromatic heterocycles. The molecular formula is C21H16ClF3N4O4. The highest BCUT2D eigenvalue weighted by atomic mass is 35.5. The highest BCUT2D eigenvalue weighted by molar-refractivity contribution is 6.30. The van der Waals surface area contributed by atoms with E-state index in [0.29, 0.717) is 17.4 Å². The Morgan fingerprint density at radius 3 is 2.42 bits per heavy atom. The molecule has 0 aliphatic heterocycles. The third-order valence-corrected chi connectivity index (χ3v) is 4.41. The summed E-state index contributed by atoms with van der Waals surface area (Å²) in [7, 11) is 1.29. The lowest BCUT2D eigenvalue weighted by atomic mass is 10.1. The van der Waals surface area contributed by atoms with E-state index >= 15 is 0 Å². The number of hydrogen-bond acceptors (Lipinski definition) is 6. The first-order valence-corrected chi connectivity index (χ1v) is 9.62. The number of rotatable bonds is 6. The summed E-state index contributed by atoms with van der Waals surface area (Å²) >= 11 is 5.64. The maximum absolute atomic E-state index is 13.2. The topological polar surface area (TPSA) is 102 Å². The van der Waals surface area contributed by atoms with Crippen LogP contribution in [0.5, 0.6) is 11.6 Å². The summed E-state index contributed by atoms with van der Waals surface area (Å²) in [5.74, 6) is -0.109. The Hall–Kier alpha value is -3.86. The van der Waals surface area contributed by atoms with Gasteiger partial charge in [-0.05, 0) is 35.9 Å². The summed E-state index contributed by atoms with van der Waals surface area (Å²) in [6, 6.07) is 8.44. The van der Waals surface area contributed by atoms with Crippen LogP contribution in [0.4, 0.5) is 29.3 Å². The monoisotopic (exact) mass is 480 g/mol. The molecule has 8 nitrogen and oxygen atoms in total. The molecule has 0 saturated carbocycles. The van der Waals surface area contributed by atoms with E-state index in [0.717, 1.165) is 6.07 Å². The molecule has 12 heteroatoms. The van der Waals surface area contributed by atoms with Crippen LogP contribution in [-0.4, -0.2) is 29.1 Å². The summed E-state index contributed by atoms with van der Waals surface area (Å²) in [4.78, 5) is 31.4. The Bertz CT molecular complexity index is 1160. The maximum Gasteiger partial charge on any atom is 0.418 e. The van der Waals surface area contributed by atoms with Crippen molar-refractivity contribution in [2.45, 2.75) is 12.6 Å². The van der Waals surface area contributed by atoms with Gasteiger partial charge in [0.1, 0.15) is 17.8 Å². The minimum atomic E-state index is -4.72. The molecule has 0 spiro atoms.